The summed E-state index contributed by atoms with van der Waals surface area (Å²) in [6.45, 7) is 0. The number of aliphatic hydroxyl groups is 1. The fraction of sp³-hybridized carbons (Fsp3) is 0.0667. The SMILES string of the molecule is O=C(C=C(O)c1ccsc1Cc1ccncc1)c1ncn[nH]1. The van der Waals surface area contributed by atoms with Gasteiger partial charge in [-0.1, -0.05) is 0 Å². The zero-order chi connectivity index (χ0) is 15.4. The quantitative estimate of drug-likeness (QED) is 0.429. The van der Waals surface area contributed by atoms with Crippen LogP contribution < -0.4 is 0 Å². The molecule has 22 heavy (non-hydrogen) atoms. The van der Waals surface area contributed by atoms with Crippen molar-refractivity contribution in [3.63, 3.8) is 0 Å². The van der Waals surface area contributed by atoms with Gasteiger partial charge in [-0.25, -0.2) is 4.98 Å². The number of H-pyrrole nitrogens is 1. The molecule has 6 nitrogen and oxygen atoms in total. The number of carbonyl (C=O) groups excluding carboxylic acids is 1. The third-order valence-corrected chi connectivity index (χ3v) is 3.97. The molecule has 0 saturated carbocycles. The number of pyridine rings is 1. The van der Waals surface area contributed by atoms with Gasteiger partial charge in [-0.3, -0.25) is 14.9 Å². The Morgan fingerprint density at radius 1 is 1.32 bits per heavy atom. The number of aliphatic hydroxyl groups excluding tert-OH is 1. The minimum absolute atomic E-state index is 0.0771. The molecular formula is C15H12N4O2S. The number of aromatic nitrogens is 4. The number of allylic oxidation sites excluding steroid dienone is 1. The maximum atomic E-state index is 11.9. The molecule has 0 spiro atoms. The zero-order valence-electron chi connectivity index (χ0n) is 11.4. The summed E-state index contributed by atoms with van der Waals surface area (Å²) in [6.07, 6.45) is 6.53. The highest BCUT2D eigenvalue weighted by Gasteiger charge is 2.13. The molecule has 3 aromatic heterocycles. The maximum absolute atomic E-state index is 11.9. The lowest BCUT2D eigenvalue weighted by molar-refractivity contribution is 0.103. The van der Waals surface area contributed by atoms with Gasteiger partial charge < -0.3 is 5.11 Å². The van der Waals surface area contributed by atoms with Crippen LogP contribution in [0, 0.1) is 0 Å². The van der Waals surface area contributed by atoms with Gasteiger partial charge >= 0.3 is 0 Å². The average molecular weight is 312 g/mol. The first kappa shape index (κ1) is 14.2. The molecule has 0 saturated heterocycles. The third-order valence-electron chi connectivity index (χ3n) is 3.05. The van der Waals surface area contributed by atoms with Crippen LogP contribution in [0.3, 0.4) is 0 Å². The topological polar surface area (TPSA) is 91.8 Å². The van der Waals surface area contributed by atoms with Crippen LogP contribution in [0.5, 0.6) is 0 Å². The lowest BCUT2D eigenvalue weighted by Gasteiger charge is -2.03. The largest absolute Gasteiger partial charge is 0.507 e. The van der Waals surface area contributed by atoms with Crippen molar-refractivity contribution in [2.45, 2.75) is 6.42 Å². The summed E-state index contributed by atoms with van der Waals surface area (Å²) in [5.74, 6) is -0.403. The Balaban J connectivity index is 1.83. The van der Waals surface area contributed by atoms with Gasteiger partial charge in [-0.15, -0.1) is 11.3 Å². The second kappa shape index (κ2) is 6.31. The van der Waals surface area contributed by atoms with Gasteiger partial charge in [-0.05, 0) is 29.1 Å². The van der Waals surface area contributed by atoms with E-state index in [2.05, 4.69) is 20.2 Å². The van der Waals surface area contributed by atoms with Crippen LogP contribution in [-0.4, -0.2) is 31.1 Å². The van der Waals surface area contributed by atoms with E-state index >= 15 is 0 Å². The van der Waals surface area contributed by atoms with Crippen LogP contribution in [-0.2, 0) is 6.42 Å². The molecule has 3 heterocycles. The van der Waals surface area contributed by atoms with Crippen molar-refractivity contribution in [1.82, 2.24) is 20.2 Å². The van der Waals surface area contributed by atoms with Gasteiger partial charge in [0.05, 0.1) is 0 Å². The normalized spacial score (nSPS) is 11.5. The van der Waals surface area contributed by atoms with Crippen molar-refractivity contribution >= 4 is 22.9 Å². The first-order valence-electron chi connectivity index (χ1n) is 6.50. The Kier molecular flexibility index (Phi) is 4.06. The number of nitrogens with zero attached hydrogens (tertiary/aromatic N) is 3. The zero-order valence-corrected chi connectivity index (χ0v) is 12.2. The fourth-order valence-electron chi connectivity index (χ4n) is 1.99. The highest BCUT2D eigenvalue weighted by molar-refractivity contribution is 7.10. The predicted molar refractivity (Wildman–Crippen MR) is 82.7 cm³/mol. The smallest absolute Gasteiger partial charge is 0.226 e. The van der Waals surface area contributed by atoms with E-state index in [1.165, 1.54) is 17.7 Å². The van der Waals surface area contributed by atoms with E-state index in [1.807, 2.05) is 17.5 Å². The van der Waals surface area contributed by atoms with Gasteiger partial charge in [0.1, 0.15) is 12.1 Å². The number of carbonyl (C=O) groups is 1. The summed E-state index contributed by atoms with van der Waals surface area (Å²) in [4.78, 5) is 20.6. The van der Waals surface area contributed by atoms with E-state index in [0.29, 0.717) is 12.0 Å². The molecule has 0 aliphatic rings. The highest BCUT2D eigenvalue weighted by Crippen LogP contribution is 2.25. The van der Waals surface area contributed by atoms with E-state index in [0.717, 1.165) is 16.5 Å². The molecule has 0 radical (unpaired) electrons. The first-order valence-corrected chi connectivity index (χ1v) is 7.38. The molecule has 3 rings (SSSR count). The van der Waals surface area contributed by atoms with Crippen LogP contribution in [0.4, 0.5) is 0 Å². The summed E-state index contributed by atoms with van der Waals surface area (Å²) in [5, 5.41) is 18.2. The molecule has 3 aromatic rings. The second-order valence-electron chi connectivity index (χ2n) is 4.52. The first-order chi connectivity index (χ1) is 10.7. The van der Waals surface area contributed by atoms with Gasteiger partial charge in [0, 0.05) is 35.3 Å². The number of thiophene rings is 1. The lowest BCUT2D eigenvalue weighted by atomic mass is 10.1. The van der Waals surface area contributed by atoms with Crippen molar-refractivity contribution in [3.05, 3.63) is 70.2 Å². The van der Waals surface area contributed by atoms with E-state index in [-0.39, 0.29) is 11.6 Å². The number of hydrogen-bond acceptors (Lipinski definition) is 6. The molecule has 7 heteroatoms. The van der Waals surface area contributed by atoms with Crippen LogP contribution >= 0.6 is 11.3 Å². The van der Waals surface area contributed by atoms with Crippen molar-refractivity contribution < 1.29 is 9.90 Å². The van der Waals surface area contributed by atoms with Crippen molar-refractivity contribution in [2.75, 3.05) is 0 Å². The molecule has 0 atom stereocenters. The molecule has 0 unspecified atom stereocenters. The Labute approximate surface area is 130 Å². The van der Waals surface area contributed by atoms with Gasteiger partial charge in [-0.2, -0.15) is 5.10 Å². The molecular weight excluding hydrogens is 300 g/mol. The van der Waals surface area contributed by atoms with Crippen LogP contribution in [0.1, 0.15) is 26.6 Å². The van der Waals surface area contributed by atoms with Crippen LogP contribution in [0.25, 0.3) is 5.76 Å². The molecule has 0 amide bonds. The third kappa shape index (κ3) is 3.09. The van der Waals surface area contributed by atoms with Gasteiger partial charge in [0.25, 0.3) is 0 Å². The number of hydrogen-bond donors (Lipinski definition) is 2. The highest BCUT2D eigenvalue weighted by atomic mass is 32.1. The Hall–Kier alpha value is -2.80. The summed E-state index contributed by atoms with van der Waals surface area (Å²) in [5.41, 5.74) is 1.74. The fourth-order valence-corrected chi connectivity index (χ4v) is 2.90. The molecule has 0 fully saturated rings. The minimum atomic E-state index is -0.420. The maximum Gasteiger partial charge on any atom is 0.226 e. The van der Waals surface area contributed by atoms with Gasteiger partial charge in [0.2, 0.25) is 5.78 Å². The van der Waals surface area contributed by atoms with E-state index in [9.17, 15) is 9.90 Å². The van der Waals surface area contributed by atoms with Crippen LogP contribution in [0.2, 0.25) is 0 Å². The van der Waals surface area contributed by atoms with Crippen molar-refractivity contribution in [2.24, 2.45) is 0 Å². The van der Waals surface area contributed by atoms with Crippen molar-refractivity contribution in [3.8, 4) is 0 Å². The molecule has 0 aliphatic heterocycles. The minimum Gasteiger partial charge on any atom is -0.507 e. The summed E-state index contributed by atoms with van der Waals surface area (Å²) < 4.78 is 0. The van der Waals surface area contributed by atoms with Crippen LogP contribution in [0.15, 0.2) is 48.4 Å². The predicted octanol–water partition coefficient (Wildman–Crippen LogP) is 2.63. The average Bonchev–Trinajstić information content (AvgIpc) is 3.19. The number of rotatable bonds is 5. The Bertz CT molecular complexity index is 794. The van der Waals surface area contributed by atoms with E-state index in [1.54, 1.807) is 18.5 Å². The molecule has 0 aliphatic carbocycles. The summed E-state index contributed by atoms with van der Waals surface area (Å²) in [7, 11) is 0. The van der Waals surface area contributed by atoms with Gasteiger partial charge in [0.15, 0.2) is 5.82 Å². The molecule has 2 N–H and O–H groups in total. The lowest BCUT2D eigenvalue weighted by Crippen LogP contribution is -2.00. The molecule has 110 valence electrons. The number of nitrogens with one attached hydrogen (secondary N) is 1. The van der Waals surface area contributed by atoms with E-state index in [4.69, 9.17) is 0 Å². The Morgan fingerprint density at radius 3 is 2.86 bits per heavy atom. The van der Waals surface area contributed by atoms with E-state index < -0.39 is 5.78 Å². The van der Waals surface area contributed by atoms with Crippen molar-refractivity contribution in [1.29, 1.82) is 0 Å². The Morgan fingerprint density at radius 2 is 2.14 bits per heavy atom. The number of ketones is 1. The second-order valence-corrected chi connectivity index (χ2v) is 5.52. The standard InChI is InChI=1S/C15H12N4O2S/c20-12(8-13(21)15-17-9-18-19-15)11-3-6-22-14(11)7-10-1-4-16-5-2-10/h1-6,8-9,20H,7H2,(H,17,18,19). The monoisotopic (exact) mass is 312 g/mol. The summed E-state index contributed by atoms with van der Waals surface area (Å²) in [6, 6.07) is 5.63. The molecule has 0 aromatic carbocycles. The molecule has 0 bridgehead atoms. The number of aromatic amines is 1. The summed E-state index contributed by atoms with van der Waals surface area (Å²) >= 11 is 1.53.